The third-order valence-electron chi connectivity index (χ3n) is 4.76. The molecule has 2 rings (SSSR count). The van der Waals surface area contributed by atoms with E-state index in [4.69, 9.17) is 15.2 Å². The number of allylic oxidation sites excluding steroid dienone is 1. The van der Waals surface area contributed by atoms with Crippen LogP contribution in [0.5, 0.6) is 0 Å². The Hall–Kier alpha value is -1.44. The molecular formula is C18H31N3O4. The number of piperidine rings is 1. The van der Waals surface area contributed by atoms with Crippen molar-refractivity contribution >= 4 is 11.8 Å². The summed E-state index contributed by atoms with van der Waals surface area (Å²) < 4.78 is 11.4. The molecule has 0 unspecified atom stereocenters. The summed E-state index contributed by atoms with van der Waals surface area (Å²) in [5.74, 6) is -0.284. The summed E-state index contributed by atoms with van der Waals surface area (Å²) in [5.41, 5.74) is 6.44. The number of nitrogens with zero attached hydrogens (tertiary/aromatic N) is 1. The number of carbonyl (C=O) groups is 2. The lowest BCUT2D eigenvalue weighted by Crippen LogP contribution is -2.53. The zero-order valence-corrected chi connectivity index (χ0v) is 15.3. The van der Waals surface area contributed by atoms with E-state index in [2.05, 4.69) is 5.32 Å². The van der Waals surface area contributed by atoms with E-state index in [-0.39, 0.29) is 36.4 Å². The molecular weight excluding hydrogens is 322 g/mol. The summed E-state index contributed by atoms with van der Waals surface area (Å²) in [6.45, 7) is 7.51. The van der Waals surface area contributed by atoms with Crippen molar-refractivity contribution < 1.29 is 19.1 Å². The Morgan fingerprint density at radius 1 is 1.28 bits per heavy atom. The van der Waals surface area contributed by atoms with Gasteiger partial charge in [0.05, 0.1) is 31.9 Å². The van der Waals surface area contributed by atoms with Gasteiger partial charge in [0.15, 0.2) is 0 Å². The van der Waals surface area contributed by atoms with Gasteiger partial charge in [0.2, 0.25) is 11.8 Å². The number of hydrogen-bond acceptors (Lipinski definition) is 5. The van der Waals surface area contributed by atoms with Crippen LogP contribution in [0, 0.1) is 5.92 Å². The lowest BCUT2D eigenvalue weighted by molar-refractivity contribution is -0.131. The molecule has 2 aliphatic heterocycles. The highest BCUT2D eigenvalue weighted by atomic mass is 16.5. The number of amides is 2. The van der Waals surface area contributed by atoms with E-state index in [1.54, 1.807) is 0 Å². The first kappa shape index (κ1) is 19.9. The number of likely N-dealkylation sites (tertiary alicyclic amines) is 1. The minimum atomic E-state index is -0.321. The van der Waals surface area contributed by atoms with E-state index in [1.807, 2.05) is 24.8 Å². The Morgan fingerprint density at radius 3 is 2.64 bits per heavy atom. The summed E-state index contributed by atoms with van der Waals surface area (Å²) in [5, 5.41) is 3.11. The third-order valence-corrected chi connectivity index (χ3v) is 4.76. The van der Waals surface area contributed by atoms with Gasteiger partial charge in [0, 0.05) is 12.5 Å². The molecule has 2 aliphatic rings. The SMILES string of the molecule is CC(C)=CCO[C@H]1CCOC[C@H]1NC(=O)C1CCN(CC(N)=O)CC1. The molecule has 2 heterocycles. The van der Waals surface area contributed by atoms with Crippen molar-refractivity contribution in [1.29, 1.82) is 0 Å². The van der Waals surface area contributed by atoms with Crippen molar-refractivity contribution in [2.24, 2.45) is 11.7 Å². The van der Waals surface area contributed by atoms with Gasteiger partial charge in [-0.2, -0.15) is 0 Å². The van der Waals surface area contributed by atoms with Gasteiger partial charge in [0.1, 0.15) is 0 Å². The molecule has 142 valence electrons. The molecule has 0 radical (unpaired) electrons. The van der Waals surface area contributed by atoms with E-state index in [0.29, 0.717) is 19.8 Å². The monoisotopic (exact) mass is 353 g/mol. The van der Waals surface area contributed by atoms with Crippen LogP contribution in [-0.2, 0) is 19.1 Å². The van der Waals surface area contributed by atoms with Gasteiger partial charge in [-0.15, -0.1) is 0 Å². The molecule has 2 amide bonds. The average molecular weight is 353 g/mol. The molecule has 2 saturated heterocycles. The topological polar surface area (TPSA) is 93.9 Å². The zero-order chi connectivity index (χ0) is 18.2. The van der Waals surface area contributed by atoms with Gasteiger partial charge in [0.25, 0.3) is 0 Å². The van der Waals surface area contributed by atoms with Crippen LogP contribution in [0.3, 0.4) is 0 Å². The first-order valence-corrected chi connectivity index (χ1v) is 9.09. The largest absolute Gasteiger partial charge is 0.379 e. The van der Waals surface area contributed by atoms with Crippen LogP contribution in [0.1, 0.15) is 33.1 Å². The smallest absolute Gasteiger partial charge is 0.231 e. The van der Waals surface area contributed by atoms with Crippen LogP contribution >= 0.6 is 0 Å². The highest BCUT2D eigenvalue weighted by Crippen LogP contribution is 2.19. The average Bonchev–Trinajstić information content (AvgIpc) is 2.56. The molecule has 0 aromatic carbocycles. The maximum absolute atomic E-state index is 12.6. The molecule has 25 heavy (non-hydrogen) atoms. The molecule has 0 aliphatic carbocycles. The van der Waals surface area contributed by atoms with Crippen LogP contribution in [0.2, 0.25) is 0 Å². The highest BCUT2D eigenvalue weighted by Gasteiger charge is 2.31. The minimum Gasteiger partial charge on any atom is -0.379 e. The molecule has 0 spiro atoms. The lowest BCUT2D eigenvalue weighted by Gasteiger charge is -2.35. The molecule has 0 aromatic heterocycles. The van der Waals surface area contributed by atoms with E-state index in [9.17, 15) is 9.59 Å². The Labute approximate surface area is 149 Å². The molecule has 2 atom stereocenters. The number of primary amides is 1. The maximum atomic E-state index is 12.6. The Kier molecular flexibility index (Phi) is 7.87. The van der Waals surface area contributed by atoms with Crippen LogP contribution in [0.25, 0.3) is 0 Å². The predicted molar refractivity (Wildman–Crippen MR) is 94.9 cm³/mol. The van der Waals surface area contributed by atoms with Gasteiger partial charge in [-0.25, -0.2) is 0 Å². The van der Waals surface area contributed by atoms with Crippen molar-refractivity contribution in [3.05, 3.63) is 11.6 Å². The molecule has 2 fully saturated rings. The second kappa shape index (κ2) is 9.89. The zero-order valence-electron chi connectivity index (χ0n) is 15.3. The van der Waals surface area contributed by atoms with E-state index in [0.717, 1.165) is 32.4 Å². The summed E-state index contributed by atoms with van der Waals surface area (Å²) in [6, 6.07) is -0.101. The summed E-state index contributed by atoms with van der Waals surface area (Å²) >= 11 is 0. The van der Waals surface area contributed by atoms with Crippen molar-refractivity contribution in [1.82, 2.24) is 10.2 Å². The van der Waals surface area contributed by atoms with Crippen molar-refractivity contribution in [3.63, 3.8) is 0 Å². The van der Waals surface area contributed by atoms with E-state index in [1.165, 1.54) is 5.57 Å². The molecule has 7 nitrogen and oxygen atoms in total. The van der Waals surface area contributed by atoms with Crippen molar-refractivity contribution in [2.45, 2.75) is 45.3 Å². The van der Waals surface area contributed by atoms with Crippen molar-refractivity contribution in [3.8, 4) is 0 Å². The fourth-order valence-electron chi connectivity index (χ4n) is 3.27. The highest BCUT2D eigenvalue weighted by molar-refractivity contribution is 5.79. The van der Waals surface area contributed by atoms with Gasteiger partial charge < -0.3 is 20.5 Å². The predicted octanol–water partition coefficient (Wildman–Crippen LogP) is 0.440. The Bertz CT molecular complexity index is 483. The van der Waals surface area contributed by atoms with Gasteiger partial charge in [-0.3, -0.25) is 14.5 Å². The third kappa shape index (κ3) is 6.76. The summed E-state index contributed by atoms with van der Waals surface area (Å²) in [4.78, 5) is 25.6. The summed E-state index contributed by atoms with van der Waals surface area (Å²) in [7, 11) is 0. The molecule has 0 aromatic rings. The number of rotatable bonds is 7. The molecule has 7 heteroatoms. The standard InChI is InChI=1S/C18H31N3O4/c1-13(2)5-10-25-16-6-9-24-12-15(16)20-18(23)14-3-7-21(8-4-14)11-17(19)22/h5,14-16H,3-4,6-12H2,1-2H3,(H2,19,22)(H,20,23)/t15-,16+/m1/s1. The first-order chi connectivity index (χ1) is 12.0. The maximum Gasteiger partial charge on any atom is 0.231 e. The molecule has 3 N–H and O–H groups in total. The number of ether oxygens (including phenoxy) is 2. The number of nitrogens with two attached hydrogens (primary N) is 1. The first-order valence-electron chi connectivity index (χ1n) is 9.09. The fourth-order valence-corrected chi connectivity index (χ4v) is 3.27. The lowest BCUT2D eigenvalue weighted by atomic mass is 9.95. The minimum absolute atomic E-state index is 0.0109. The van der Waals surface area contributed by atoms with Crippen LogP contribution in [0.4, 0.5) is 0 Å². The quantitative estimate of drug-likeness (QED) is 0.648. The molecule has 0 saturated carbocycles. The Morgan fingerprint density at radius 2 is 2.00 bits per heavy atom. The Balaban J connectivity index is 1.79. The van der Waals surface area contributed by atoms with Crippen LogP contribution in [0.15, 0.2) is 11.6 Å². The fraction of sp³-hybridized carbons (Fsp3) is 0.778. The number of nitrogens with one attached hydrogen (secondary N) is 1. The van der Waals surface area contributed by atoms with Gasteiger partial charge in [-0.1, -0.05) is 11.6 Å². The van der Waals surface area contributed by atoms with E-state index >= 15 is 0 Å². The van der Waals surface area contributed by atoms with Crippen LogP contribution < -0.4 is 11.1 Å². The summed E-state index contributed by atoms with van der Waals surface area (Å²) in [6.07, 6.45) is 4.32. The van der Waals surface area contributed by atoms with E-state index < -0.39 is 0 Å². The normalized spacial score (nSPS) is 25.4. The molecule has 0 bridgehead atoms. The van der Waals surface area contributed by atoms with Gasteiger partial charge in [-0.05, 0) is 46.2 Å². The second-order valence-corrected chi connectivity index (χ2v) is 7.15. The number of carbonyl (C=O) groups excluding carboxylic acids is 2. The van der Waals surface area contributed by atoms with Crippen LogP contribution in [-0.4, -0.2) is 68.3 Å². The second-order valence-electron chi connectivity index (χ2n) is 7.15. The number of hydrogen-bond donors (Lipinski definition) is 2. The van der Waals surface area contributed by atoms with Crippen molar-refractivity contribution in [2.75, 3.05) is 39.5 Å². The van der Waals surface area contributed by atoms with Gasteiger partial charge >= 0.3 is 0 Å².